The minimum Gasteiger partial charge on any atom is -0.497 e. The molecule has 0 bridgehead atoms. The van der Waals surface area contributed by atoms with Gasteiger partial charge in [0, 0.05) is 29.3 Å². The van der Waals surface area contributed by atoms with Crippen LogP contribution in [0.4, 0.5) is 0 Å². The van der Waals surface area contributed by atoms with Crippen LogP contribution in [0, 0.1) is 17.3 Å². The molecule has 2 heterocycles. The number of rotatable bonds is 5. The summed E-state index contributed by atoms with van der Waals surface area (Å²) in [6, 6.07) is 6.41. The van der Waals surface area contributed by atoms with E-state index in [-0.39, 0.29) is 29.1 Å². The summed E-state index contributed by atoms with van der Waals surface area (Å²) >= 11 is 0.713. The number of hydrogen-bond acceptors (Lipinski definition) is 8. The Kier molecular flexibility index (Phi) is 10.6. The molecule has 1 aliphatic heterocycles. The Hall–Kier alpha value is -2.59. The summed E-state index contributed by atoms with van der Waals surface area (Å²) in [5.41, 5.74) is 9.60. The minimum atomic E-state index is -0.146. The predicted molar refractivity (Wildman–Crippen MR) is 170 cm³/mol. The fraction of sp³-hybridized carbons (Fsp3) is 0.576. The van der Waals surface area contributed by atoms with Gasteiger partial charge in [-0.3, -0.25) is 4.79 Å². The van der Waals surface area contributed by atoms with Gasteiger partial charge in [0.2, 0.25) is 0 Å². The minimum absolute atomic E-state index is 0.0734. The molecule has 2 aromatic rings. The van der Waals surface area contributed by atoms with E-state index in [1.54, 1.807) is 25.5 Å². The van der Waals surface area contributed by atoms with E-state index in [0.717, 1.165) is 31.4 Å². The highest BCUT2D eigenvalue weighted by Crippen LogP contribution is 2.62. The van der Waals surface area contributed by atoms with Gasteiger partial charge in [0.25, 0.3) is 0 Å². The van der Waals surface area contributed by atoms with Crippen molar-refractivity contribution in [1.82, 2.24) is 8.87 Å². The molecule has 3 N–H and O–H groups in total. The first kappa shape index (κ1) is 32.3. The van der Waals surface area contributed by atoms with Gasteiger partial charge in [-0.1, -0.05) is 32.3 Å². The third-order valence-corrected chi connectivity index (χ3v) is 9.74. The second-order valence-corrected chi connectivity index (χ2v) is 13.1. The Balaban J connectivity index is 0.000000526. The van der Waals surface area contributed by atoms with Gasteiger partial charge >= 0.3 is 5.97 Å². The summed E-state index contributed by atoms with van der Waals surface area (Å²) < 4.78 is 23.0. The Morgan fingerprint density at radius 1 is 1.19 bits per heavy atom. The van der Waals surface area contributed by atoms with Crippen LogP contribution in [0.2, 0.25) is 0 Å². The van der Waals surface area contributed by atoms with Gasteiger partial charge in [-0.2, -0.15) is 0 Å². The Bertz CT molecular complexity index is 1400. The standard InChI is InChI=1S/C30H35NO4.C2H7NOS.CH5N/c1-30-15-24(29(33)35-3)27(30)23-14-20(34-2)10-12-21(23)28-26(19-7-5-4-6-8-19)22-11-9-18(16-32)13-25(22)31(28)17-30;1-3(2)5-4;1-2/h10-14,16,18-19,24,27H,4-9,15,17H2,1-3H3;4H,1-2H3;2H2,1H3. The van der Waals surface area contributed by atoms with Crippen LogP contribution in [0.5, 0.6) is 5.75 Å². The summed E-state index contributed by atoms with van der Waals surface area (Å²) in [6.45, 7) is 3.15. The Morgan fingerprint density at radius 2 is 1.88 bits per heavy atom. The Labute approximate surface area is 254 Å². The molecule has 4 aliphatic rings. The highest BCUT2D eigenvalue weighted by molar-refractivity contribution is 7.91. The van der Waals surface area contributed by atoms with Crippen molar-refractivity contribution >= 4 is 36.6 Å². The van der Waals surface area contributed by atoms with Gasteiger partial charge in [-0.05, 0) is 98.8 Å². The zero-order valence-electron chi connectivity index (χ0n) is 25.9. The van der Waals surface area contributed by atoms with Gasteiger partial charge < -0.3 is 29.1 Å². The van der Waals surface area contributed by atoms with Crippen LogP contribution >= 0.6 is 12.2 Å². The van der Waals surface area contributed by atoms with Crippen molar-refractivity contribution in [3.8, 4) is 17.0 Å². The molecule has 6 rings (SSSR count). The third-order valence-electron chi connectivity index (χ3n) is 9.41. The van der Waals surface area contributed by atoms with Gasteiger partial charge in [0.15, 0.2) is 0 Å². The van der Waals surface area contributed by atoms with Crippen LogP contribution < -0.4 is 21.0 Å². The summed E-state index contributed by atoms with van der Waals surface area (Å²) in [5, 5.41) is 2.55. The van der Waals surface area contributed by atoms with E-state index in [0.29, 0.717) is 18.1 Å². The van der Waals surface area contributed by atoms with Gasteiger partial charge in [-0.15, -0.1) is 0 Å². The van der Waals surface area contributed by atoms with E-state index in [1.807, 2.05) is 0 Å². The lowest BCUT2D eigenvalue weighted by molar-refractivity contribution is -0.156. The van der Waals surface area contributed by atoms with Crippen LogP contribution in [0.1, 0.15) is 74.8 Å². The van der Waals surface area contributed by atoms with Crippen molar-refractivity contribution in [2.24, 2.45) is 23.0 Å². The molecule has 1 aromatic carbocycles. The topological polar surface area (TPSA) is 107 Å². The monoisotopic (exact) mass is 597 g/mol. The van der Waals surface area contributed by atoms with E-state index >= 15 is 0 Å². The number of fused-ring (bicyclic) bond motifs is 7. The summed E-state index contributed by atoms with van der Waals surface area (Å²) in [7, 11) is 8.23. The fourth-order valence-corrected chi connectivity index (χ4v) is 7.65. The molecule has 4 unspecified atom stereocenters. The molecule has 2 fully saturated rings. The maximum atomic E-state index is 12.8. The zero-order valence-corrected chi connectivity index (χ0v) is 26.7. The van der Waals surface area contributed by atoms with Crippen molar-refractivity contribution in [1.29, 1.82) is 0 Å². The summed E-state index contributed by atoms with van der Waals surface area (Å²) in [5.74, 6) is 1.08. The van der Waals surface area contributed by atoms with Crippen molar-refractivity contribution in [2.75, 3.05) is 35.4 Å². The summed E-state index contributed by atoms with van der Waals surface area (Å²) in [4.78, 5) is 24.6. The van der Waals surface area contributed by atoms with Gasteiger partial charge in [-0.25, -0.2) is 4.31 Å². The van der Waals surface area contributed by atoms with E-state index in [4.69, 9.17) is 14.0 Å². The van der Waals surface area contributed by atoms with E-state index in [2.05, 4.69) is 47.6 Å². The van der Waals surface area contributed by atoms with Gasteiger partial charge in [0.05, 0.1) is 38.1 Å². The number of hydrogen-bond donors (Lipinski definition) is 2. The average molecular weight is 598 g/mol. The van der Waals surface area contributed by atoms with Crippen molar-refractivity contribution in [3.05, 3.63) is 39.9 Å². The maximum Gasteiger partial charge on any atom is 0.309 e. The normalized spacial score (nSPS) is 25.5. The maximum absolute atomic E-state index is 12.8. The number of ether oxygens (including phenoxy) is 2. The lowest BCUT2D eigenvalue weighted by Gasteiger charge is -2.52. The van der Waals surface area contributed by atoms with Crippen LogP contribution in [0.25, 0.3) is 23.4 Å². The average Bonchev–Trinajstić information content (AvgIpc) is 3.29. The molecule has 2 saturated carbocycles. The summed E-state index contributed by atoms with van der Waals surface area (Å²) in [6.07, 6.45) is 13.4. The highest BCUT2D eigenvalue weighted by Gasteiger charge is 2.57. The smallest absolute Gasteiger partial charge is 0.309 e. The molecule has 42 heavy (non-hydrogen) atoms. The first-order valence-electron chi connectivity index (χ1n) is 15.0. The molecule has 3 aliphatic carbocycles. The van der Waals surface area contributed by atoms with Crippen LogP contribution in [-0.4, -0.2) is 61.0 Å². The molecule has 230 valence electrons. The first-order valence-corrected chi connectivity index (χ1v) is 15.7. The molecule has 0 saturated heterocycles. The quantitative estimate of drug-likeness (QED) is 0.224. The number of carbonyl (C=O) groups is 2. The second-order valence-electron chi connectivity index (χ2n) is 12.2. The van der Waals surface area contributed by atoms with E-state index < -0.39 is 0 Å². The highest BCUT2D eigenvalue weighted by atomic mass is 32.2. The van der Waals surface area contributed by atoms with Crippen LogP contribution in [-0.2, 0) is 20.9 Å². The van der Waals surface area contributed by atoms with E-state index in [9.17, 15) is 9.59 Å². The zero-order chi connectivity index (χ0) is 30.6. The number of esters is 1. The molecule has 9 heteroatoms. The fourth-order valence-electron chi connectivity index (χ4n) is 7.65. The lowest BCUT2D eigenvalue weighted by Crippen LogP contribution is -2.51. The molecule has 1 aromatic heterocycles. The molecular weight excluding hydrogens is 550 g/mol. The van der Waals surface area contributed by atoms with Crippen molar-refractivity contribution in [2.45, 2.75) is 70.3 Å². The predicted octanol–water partition coefficient (Wildman–Crippen LogP) is 4.53. The number of methoxy groups -OCH3 is 2. The number of aromatic nitrogens is 1. The molecule has 0 spiro atoms. The largest absolute Gasteiger partial charge is 0.497 e. The van der Waals surface area contributed by atoms with Crippen LogP contribution in [0.15, 0.2) is 18.2 Å². The van der Waals surface area contributed by atoms with Crippen LogP contribution in [0.3, 0.4) is 0 Å². The Morgan fingerprint density at radius 3 is 2.48 bits per heavy atom. The van der Waals surface area contributed by atoms with E-state index in [1.165, 1.54) is 79.2 Å². The third kappa shape index (κ3) is 5.94. The molecule has 0 amide bonds. The lowest BCUT2D eigenvalue weighted by atomic mass is 9.52. The van der Waals surface area contributed by atoms with Crippen molar-refractivity contribution in [3.63, 3.8) is 0 Å². The molecule has 4 atom stereocenters. The number of carbonyl (C=O) groups excluding carboxylic acids is 2. The van der Waals surface area contributed by atoms with Gasteiger partial charge in [0.1, 0.15) is 12.0 Å². The number of nitrogens with two attached hydrogens (primary N) is 1. The SMILES string of the molecule is CN.CN(C)SO.COC(=O)C1CC2(C)Cn3c(c(C4CCCCC4)c4c3=CC(C=O)CC=4)-c3ccc(OC)cc3C12. The molecular formula is C33H47N3O5S. The number of aldehydes is 1. The van der Waals surface area contributed by atoms with Crippen molar-refractivity contribution < 1.29 is 23.6 Å². The molecule has 0 radical (unpaired) electrons. The second kappa shape index (κ2) is 13.8. The first-order chi connectivity index (χ1) is 20.3. The number of nitrogens with zero attached hydrogens (tertiary/aromatic N) is 2. The number of benzene rings is 1. The molecule has 8 nitrogen and oxygen atoms in total.